The van der Waals surface area contributed by atoms with Gasteiger partial charge in [0.1, 0.15) is 0 Å². The number of halogens is 2. The Bertz CT molecular complexity index is 294. The van der Waals surface area contributed by atoms with Crippen LogP contribution in [-0.2, 0) is 6.42 Å². The molecule has 1 aliphatic carbocycles. The normalized spacial score (nSPS) is 26.7. The van der Waals surface area contributed by atoms with Crippen LogP contribution in [0.25, 0.3) is 0 Å². The molecule has 1 saturated carbocycles. The molecule has 0 spiro atoms. The van der Waals surface area contributed by atoms with Gasteiger partial charge in [-0.05, 0) is 71.9 Å². The largest absolute Gasteiger partial charge is 0.123 e. The first kappa shape index (κ1) is 10.7. The molecule has 2 unspecified atom stereocenters. The zero-order valence-electron chi connectivity index (χ0n) is 8.05. The summed E-state index contributed by atoms with van der Waals surface area (Å²) in [5, 5.41) is 0.434. The minimum atomic E-state index is 0.434. The number of rotatable bonds is 2. The zero-order chi connectivity index (χ0) is 9.97. The summed E-state index contributed by atoms with van der Waals surface area (Å²) in [5.74, 6) is 0.817. The lowest BCUT2D eigenvalue weighted by atomic mass is 9.98. The van der Waals surface area contributed by atoms with Crippen LogP contribution in [0.3, 0.4) is 0 Å². The fraction of sp³-hybridized carbons (Fsp3) is 0.500. The molecule has 1 aliphatic rings. The Hall–Kier alpha value is 0.240. The highest BCUT2D eigenvalue weighted by atomic mass is 127. The molecule has 0 radical (unpaired) electrons. The lowest BCUT2D eigenvalue weighted by molar-refractivity contribution is 0.547. The molecule has 2 heteroatoms. The van der Waals surface area contributed by atoms with Crippen LogP contribution in [0.15, 0.2) is 24.3 Å². The second kappa shape index (κ2) is 4.84. The quantitative estimate of drug-likeness (QED) is 0.565. The third-order valence-electron chi connectivity index (χ3n) is 2.91. The lowest BCUT2D eigenvalue weighted by Gasteiger charge is -2.08. The first-order chi connectivity index (χ1) is 6.74. The van der Waals surface area contributed by atoms with Gasteiger partial charge in [-0.15, -0.1) is 11.6 Å². The molecule has 0 saturated heterocycles. The second-order valence-corrected chi connectivity index (χ2v) is 5.97. The Balaban J connectivity index is 1.94. The van der Waals surface area contributed by atoms with Crippen molar-refractivity contribution in [2.75, 3.05) is 0 Å². The van der Waals surface area contributed by atoms with Crippen LogP contribution in [-0.4, -0.2) is 5.38 Å². The third-order valence-corrected chi connectivity index (χ3v) is 4.03. The average Bonchev–Trinajstić information content (AvgIpc) is 2.56. The molecule has 2 rings (SSSR count). The van der Waals surface area contributed by atoms with E-state index in [2.05, 4.69) is 46.9 Å². The first-order valence-electron chi connectivity index (χ1n) is 5.12. The van der Waals surface area contributed by atoms with Crippen molar-refractivity contribution in [3.8, 4) is 0 Å². The van der Waals surface area contributed by atoms with Gasteiger partial charge in [-0.1, -0.05) is 12.1 Å². The van der Waals surface area contributed by atoms with Gasteiger partial charge in [0.15, 0.2) is 0 Å². The number of benzene rings is 1. The van der Waals surface area contributed by atoms with E-state index in [0.29, 0.717) is 5.38 Å². The van der Waals surface area contributed by atoms with Gasteiger partial charge in [-0.25, -0.2) is 0 Å². The molecule has 0 bridgehead atoms. The van der Waals surface area contributed by atoms with Crippen LogP contribution in [0.1, 0.15) is 24.8 Å². The van der Waals surface area contributed by atoms with Crippen LogP contribution >= 0.6 is 34.2 Å². The molecule has 0 N–H and O–H groups in total. The number of hydrogen-bond acceptors (Lipinski definition) is 0. The van der Waals surface area contributed by atoms with Crippen LogP contribution in [0, 0.1) is 9.49 Å². The predicted octanol–water partition coefficient (Wildman–Crippen LogP) is 4.24. The fourth-order valence-electron chi connectivity index (χ4n) is 2.15. The molecule has 0 heterocycles. The molecule has 1 aromatic carbocycles. The van der Waals surface area contributed by atoms with Crippen LogP contribution < -0.4 is 0 Å². The van der Waals surface area contributed by atoms with E-state index >= 15 is 0 Å². The van der Waals surface area contributed by atoms with Crippen LogP contribution in [0.4, 0.5) is 0 Å². The van der Waals surface area contributed by atoms with E-state index < -0.39 is 0 Å². The molecule has 0 aromatic heterocycles. The maximum Gasteiger partial charge on any atom is 0.0338 e. The van der Waals surface area contributed by atoms with Crippen molar-refractivity contribution in [1.29, 1.82) is 0 Å². The highest BCUT2D eigenvalue weighted by molar-refractivity contribution is 14.1. The zero-order valence-corrected chi connectivity index (χ0v) is 11.0. The van der Waals surface area contributed by atoms with E-state index in [1.54, 1.807) is 0 Å². The van der Waals surface area contributed by atoms with Crippen LogP contribution in [0.2, 0.25) is 0 Å². The van der Waals surface area contributed by atoms with Crippen molar-refractivity contribution in [3.63, 3.8) is 0 Å². The molecule has 14 heavy (non-hydrogen) atoms. The van der Waals surface area contributed by atoms with Crippen molar-refractivity contribution in [2.24, 2.45) is 5.92 Å². The van der Waals surface area contributed by atoms with E-state index in [4.69, 9.17) is 11.6 Å². The molecule has 2 atom stereocenters. The lowest BCUT2D eigenvalue weighted by Crippen LogP contribution is -2.00. The van der Waals surface area contributed by atoms with Gasteiger partial charge < -0.3 is 0 Å². The summed E-state index contributed by atoms with van der Waals surface area (Å²) in [6.07, 6.45) is 4.92. The summed E-state index contributed by atoms with van der Waals surface area (Å²) in [5.41, 5.74) is 1.46. The molecule has 0 nitrogen and oxygen atoms in total. The van der Waals surface area contributed by atoms with E-state index in [0.717, 1.165) is 5.92 Å². The summed E-state index contributed by atoms with van der Waals surface area (Å²) in [6, 6.07) is 8.85. The van der Waals surface area contributed by atoms with Gasteiger partial charge in [0.2, 0.25) is 0 Å². The van der Waals surface area contributed by atoms with E-state index in [9.17, 15) is 0 Å². The van der Waals surface area contributed by atoms with Crippen molar-refractivity contribution >= 4 is 34.2 Å². The maximum atomic E-state index is 6.10. The first-order valence-corrected chi connectivity index (χ1v) is 6.64. The highest BCUT2D eigenvalue weighted by Crippen LogP contribution is 2.31. The monoisotopic (exact) mass is 320 g/mol. The molecule has 0 aliphatic heterocycles. The highest BCUT2D eigenvalue weighted by Gasteiger charge is 2.22. The van der Waals surface area contributed by atoms with Gasteiger partial charge >= 0.3 is 0 Å². The van der Waals surface area contributed by atoms with E-state index in [-0.39, 0.29) is 0 Å². The molecular formula is C12H14ClI. The summed E-state index contributed by atoms with van der Waals surface area (Å²) < 4.78 is 1.31. The van der Waals surface area contributed by atoms with Crippen molar-refractivity contribution in [3.05, 3.63) is 33.4 Å². The summed E-state index contributed by atoms with van der Waals surface area (Å²) in [7, 11) is 0. The molecule has 0 amide bonds. The summed E-state index contributed by atoms with van der Waals surface area (Å²) >= 11 is 8.44. The standard InChI is InChI=1S/C12H14ClI/c13-11-4-1-10(8-11)7-9-2-5-12(14)6-3-9/h2-3,5-6,10-11H,1,4,7-8H2. The van der Waals surface area contributed by atoms with Gasteiger partial charge in [0, 0.05) is 8.95 Å². The Morgan fingerprint density at radius 2 is 1.93 bits per heavy atom. The van der Waals surface area contributed by atoms with Crippen molar-refractivity contribution < 1.29 is 0 Å². The van der Waals surface area contributed by atoms with E-state index in [1.807, 2.05) is 0 Å². The summed E-state index contributed by atoms with van der Waals surface area (Å²) in [6.45, 7) is 0. The Morgan fingerprint density at radius 1 is 1.21 bits per heavy atom. The Morgan fingerprint density at radius 3 is 2.50 bits per heavy atom. The molecular weight excluding hydrogens is 306 g/mol. The summed E-state index contributed by atoms with van der Waals surface area (Å²) in [4.78, 5) is 0. The van der Waals surface area contributed by atoms with Gasteiger partial charge in [-0.2, -0.15) is 0 Å². The third kappa shape index (κ3) is 2.86. The molecule has 1 fully saturated rings. The van der Waals surface area contributed by atoms with E-state index in [1.165, 1.54) is 34.8 Å². The smallest absolute Gasteiger partial charge is 0.0338 e. The van der Waals surface area contributed by atoms with Gasteiger partial charge in [0.05, 0.1) is 0 Å². The number of alkyl halides is 1. The molecule has 76 valence electrons. The Labute approximate surface area is 104 Å². The second-order valence-electron chi connectivity index (χ2n) is 4.11. The Kier molecular flexibility index (Phi) is 3.72. The maximum absolute atomic E-state index is 6.10. The number of hydrogen-bond donors (Lipinski definition) is 0. The minimum absolute atomic E-state index is 0.434. The minimum Gasteiger partial charge on any atom is -0.123 e. The average molecular weight is 321 g/mol. The van der Waals surface area contributed by atoms with Crippen molar-refractivity contribution in [2.45, 2.75) is 31.1 Å². The SMILES string of the molecule is ClC1CCC(Cc2ccc(I)cc2)C1. The molecule has 1 aromatic rings. The predicted molar refractivity (Wildman–Crippen MR) is 69.8 cm³/mol. The van der Waals surface area contributed by atoms with Gasteiger partial charge in [0.25, 0.3) is 0 Å². The van der Waals surface area contributed by atoms with Crippen LogP contribution in [0.5, 0.6) is 0 Å². The van der Waals surface area contributed by atoms with Crippen molar-refractivity contribution in [1.82, 2.24) is 0 Å². The topological polar surface area (TPSA) is 0 Å². The van der Waals surface area contributed by atoms with Gasteiger partial charge in [-0.3, -0.25) is 0 Å². The fourth-order valence-corrected chi connectivity index (χ4v) is 2.89.